The number of nitrogens with zero attached hydrogens (tertiary/aromatic N) is 2. The molecule has 2 bridgehead atoms. The van der Waals surface area contributed by atoms with Gasteiger partial charge in [-0.05, 0) is 82.1 Å². The summed E-state index contributed by atoms with van der Waals surface area (Å²) < 4.78 is 7.69. The Morgan fingerprint density at radius 3 is 2.62 bits per heavy atom. The molecule has 0 spiro atoms. The van der Waals surface area contributed by atoms with E-state index in [1.807, 2.05) is 6.92 Å². The van der Waals surface area contributed by atoms with Crippen molar-refractivity contribution < 1.29 is 14.3 Å². The zero-order valence-electron chi connectivity index (χ0n) is 19.6. The van der Waals surface area contributed by atoms with Crippen molar-refractivity contribution in [2.45, 2.75) is 109 Å². The summed E-state index contributed by atoms with van der Waals surface area (Å²) in [5, 5.41) is 8.33. The van der Waals surface area contributed by atoms with E-state index in [1.165, 1.54) is 56.2 Å². The molecule has 4 atom stereocenters. The number of carbonyl (C=O) groups excluding carboxylic acids is 2. The highest BCUT2D eigenvalue weighted by molar-refractivity contribution is 5.79. The summed E-state index contributed by atoms with van der Waals surface area (Å²) in [5.74, 6) is 0.592. The van der Waals surface area contributed by atoms with Crippen LogP contribution in [0.25, 0.3) is 0 Å². The molecule has 1 aromatic heterocycles. The van der Waals surface area contributed by atoms with Crippen molar-refractivity contribution >= 4 is 11.9 Å². The second kappa shape index (κ2) is 9.56. The van der Waals surface area contributed by atoms with E-state index < -0.39 is 0 Å². The average Bonchev–Trinajstić information content (AvgIpc) is 3.52. The van der Waals surface area contributed by atoms with E-state index in [0.717, 1.165) is 37.8 Å². The largest absolute Gasteiger partial charge is 0.466 e. The third-order valence-corrected chi connectivity index (χ3v) is 8.60. The Morgan fingerprint density at radius 1 is 1.03 bits per heavy atom. The van der Waals surface area contributed by atoms with Gasteiger partial charge in [0.2, 0.25) is 5.91 Å². The normalized spacial score (nSPS) is 29.7. The van der Waals surface area contributed by atoms with Crippen molar-refractivity contribution in [1.82, 2.24) is 15.1 Å². The molecule has 0 aromatic carbocycles. The molecule has 1 amide bonds. The molecule has 32 heavy (non-hydrogen) atoms. The molecule has 1 heterocycles. The number of aryl methyl sites for hydroxylation is 1. The Morgan fingerprint density at radius 2 is 1.81 bits per heavy atom. The number of nitrogens with one attached hydrogen (secondary N) is 1. The fraction of sp³-hybridized carbons (Fsp3) is 0.808. The lowest BCUT2D eigenvalue weighted by atomic mass is 9.84. The maximum absolute atomic E-state index is 13.0. The van der Waals surface area contributed by atoms with Crippen LogP contribution in [-0.2, 0) is 33.6 Å². The molecule has 176 valence electrons. The van der Waals surface area contributed by atoms with Crippen molar-refractivity contribution in [3.63, 3.8) is 0 Å². The van der Waals surface area contributed by atoms with Crippen LogP contribution in [0.5, 0.6) is 0 Å². The van der Waals surface area contributed by atoms with E-state index in [9.17, 15) is 9.59 Å². The summed E-state index contributed by atoms with van der Waals surface area (Å²) in [6.07, 6.45) is 15.6. The lowest BCUT2D eigenvalue weighted by Crippen LogP contribution is -2.47. The van der Waals surface area contributed by atoms with E-state index in [4.69, 9.17) is 9.84 Å². The molecule has 4 aliphatic carbocycles. The molecule has 0 saturated heterocycles. The minimum Gasteiger partial charge on any atom is -0.466 e. The lowest BCUT2D eigenvalue weighted by molar-refractivity contribution is -0.151. The first-order chi connectivity index (χ1) is 15.7. The van der Waals surface area contributed by atoms with Crippen LogP contribution in [0.1, 0.15) is 101 Å². The summed E-state index contributed by atoms with van der Waals surface area (Å²) >= 11 is 0. The maximum atomic E-state index is 13.0. The van der Waals surface area contributed by atoms with Gasteiger partial charge >= 0.3 is 5.97 Å². The highest BCUT2D eigenvalue weighted by atomic mass is 16.5. The molecule has 4 aliphatic rings. The topological polar surface area (TPSA) is 73.2 Å². The summed E-state index contributed by atoms with van der Waals surface area (Å²) in [6.45, 7) is 2.26. The van der Waals surface area contributed by atoms with E-state index in [-0.39, 0.29) is 23.8 Å². The van der Waals surface area contributed by atoms with Crippen LogP contribution >= 0.6 is 0 Å². The number of ether oxygens (including phenoxy) is 1. The molecule has 1 N–H and O–H groups in total. The van der Waals surface area contributed by atoms with Crippen LogP contribution in [0.4, 0.5) is 0 Å². The number of aromatic nitrogens is 2. The Bertz CT molecular complexity index is 842. The van der Waals surface area contributed by atoms with Gasteiger partial charge in [-0.1, -0.05) is 19.3 Å². The monoisotopic (exact) mass is 441 g/mol. The zero-order valence-corrected chi connectivity index (χ0v) is 19.6. The van der Waals surface area contributed by atoms with Gasteiger partial charge in [0.25, 0.3) is 0 Å². The second-order valence-electron chi connectivity index (χ2n) is 10.5. The predicted molar refractivity (Wildman–Crippen MR) is 122 cm³/mol. The van der Waals surface area contributed by atoms with Crippen molar-refractivity contribution in [1.29, 1.82) is 0 Å². The molecule has 3 fully saturated rings. The van der Waals surface area contributed by atoms with Crippen LogP contribution in [0.15, 0.2) is 0 Å². The fourth-order valence-electron chi connectivity index (χ4n) is 7.10. The van der Waals surface area contributed by atoms with Gasteiger partial charge in [0.15, 0.2) is 0 Å². The first-order valence-electron chi connectivity index (χ1n) is 13.2. The van der Waals surface area contributed by atoms with Gasteiger partial charge in [0.1, 0.15) is 0 Å². The Hall–Kier alpha value is -1.85. The van der Waals surface area contributed by atoms with Crippen LogP contribution in [0.3, 0.4) is 0 Å². The molecular weight excluding hydrogens is 402 g/mol. The van der Waals surface area contributed by atoms with Gasteiger partial charge in [-0.3, -0.25) is 14.3 Å². The lowest BCUT2D eigenvalue weighted by Gasteiger charge is -2.30. The Labute approximate surface area is 191 Å². The van der Waals surface area contributed by atoms with Crippen LogP contribution in [-0.4, -0.2) is 34.3 Å². The minimum atomic E-state index is -0.157. The van der Waals surface area contributed by atoms with Crippen molar-refractivity contribution in [2.24, 2.45) is 17.8 Å². The van der Waals surface area contributed by atoms with Crippen LogP contribution < -0.4 is 5.32 Å². The molecule has 5 rings (SSSR count). The predicted octanol–water partition coefficient (Wildman–Crippen LogP) is 4.29. The van der Waals surface area contributed by atoms with Crippen molar-refractivity contribution in [3.8, 4) is 0 Å². The number of rotatable bonds is 7. The van der Waals surface area contributed by atoms with Gasteiger partial charge < -0.3 is 10.1 Å². The van der Waals surface area contributed by atoms with Crippen LogP contribution in [0, 0.1) is 17.8 Å². The van der Waals surface area contributed by atoms with E-state index >= 15 is 0 Å². The number of hydrogen-bond donors (Lipinski definition) is 1. The summed E-state index contributed by atoms with van der Waals surface area (Å²) in [7, 11) is 0. The highest BCUT2D eigenvalue weighted by Gasteiger charge is 2.52. The first-order valence-corrected chi connectivity index (χ1v) is 13.2. The summed E-state index contributed by atoms with van der Waals surface area (Å²) in [6, 6.07) is 0.506. The SMILES string of the molecule is CCOC(=O)[C@H]1C2CCC(C2)[C@H]1NC(=O)CCc1nn(C2CCCCC2)c2c1CCCC2. The van der Waals surface area contributed by atoms with Crippen LogP contribution in [0.2, 0.25) is 0 Å². The smallest absolute Gasteiger partial charge is 0.311 e. The second-order valence-corrected chi connectivity index (χ2v) is 10.5. The van der Waals surface area contributed by atoms with E-state index in [2.05, 4.69) is 10.00 Å². The standard InChI is InChI=1S/C26H39N3O3/c1-2-32-26(31)24-17-12-13-18(16-17)25(24)27-23(30)15-14-21-20-10-6-7-11-22(20)29(28-21)19-8-4-3-5-9-19/h17-19,24-25H,2-16H2,1H3,(H,27,30)/t17?,18?,24-,25+/m0/s1. The molecule has 6 heteroatoms. The number of esters is 1. The minimum absolute atomic E-state index is 0.0472. The van der Waals surface area contributed by atoms with Gasteiger partial charge in [0.05, 0.1) is 24.3 Å². The van der Waals surface area contributed by atoms with E-state index in [0.29, 0.717) is 37.3 Å². The quantitative estimate of drug-likeness (QED) is 0.641. The molecular formula is C26H39N3O3. The fourth-order valence-corrected chi connectivity index (χ4v) is 7.10. The molecule has 0 aliphatic heterocycles. The summed E-state index contributed by atoms with van der Waals surface area (Å²) in [5.41, 5.74) is 4.03. The third-order valence-electron chi connectivity index (χ3n) is 8.60. The number of carbonyl (C=O) groups is 2. The van der Waals surface area contributed by atoms with Crippen molar-refractivity contribution in [3.05, 3.63) is 17.0 Å². The van der Waals surface area contributed by atoms with Gasteiger partial charge in [0, 0.05) is 24.6 Å². The highest BCUT2D eigenvalue weighted by Crippen LogP contribution is 2.49. The Kier molecular flexibility index (Phi) is 6.56. The molecule has 3 saturated carbocycles. The Balaban J connectivity index is 1.24. The first kappa shape index (κ1) is 22.0. The number of hydrogen-bond acceptors (Lipinski definition) is 4. The molecule has 1 aromatic rings. The number of amides is 1. The molecule has 0 radical (unpaired) electrons. The zero-order chi connectivity index (χ0) is 22.1. The van der Waals surface area contributed by atoms with Gasteiger partial charge in [-0.2, -0.15) is 5.10 Å². The molecule has 2 unspecified atom stereocenters. The maximum Gasteiger partial charge on any atom is 0.311 e. The average molecular weight is 442 g/mol. The van der Waals surface area contributed by atoms with Gasteiger partial charge in [-0.15, -0.1) is 0 Å². The molecule has 6 nitrogen and oxygen atoms in total. The van der Waals surface area contributed by atoms with E-state index in [1.54, 1.807) is 0 Å². The number of fused-ring (bicyclic) bond motifs is 3. The third kappa shape index (κ3) is 4.22. The van der Waals surface area contributed by atoms with Gasteiger partial charge in [-0.25, -0.2) is 0 Å². The summed E-state index contributed by atoms with van der Waals surface area (Å²) in [4.78, 5) is 25.5. The van der Waals surface area contributed by atoms with Crippen molar-refractivity contribution in [2.75, 3.05) is 6.61 Å².